The van der Waals surface area contributed by atoms with Gasteiger partial charge in [-0.3, -0.25) is 0 Å². The van der Waals surface area contributed by atoms with Gasteiger partial charge in [0.25, 0.3) is 0 Å². The molecule has 0 unspecified atom stereocenters. The van der Waals surface area contributed by atoms with E-state index < -0.39 is 18.8 Å². The Morgan fingerprint density at radius 3 is 2.91 bits per heavy atom. The van der Waals surface area contributed by atoms with Gasteiger partial charge in [0.05, 0.1) is 12.7 Å². The van der Waals surface area contributed by atoms with Crippen molar-refractivity contribution in [2.75, 3.05) is 19.8 Å². The number of hydrogen-bond acceptors (Lipinski definition) is 5. The summed E-state index contributed by atoms with van der Waals surface area (Å²) in [5.74, 6) is 0.799. The molecule has 6 nitrogen and oxygen atoms in total. The van der Waals surface area contributed by atoms with Gasteiger partial charge in [0, 0.05) is 12.0 Å². The average molecular weight is 319 g/mol. The van der Waals surface area contributed by atoms with Crippen LogP contribution in [0.3, 0.4) is 0 Å². The number of amides is 1. The van der Waals surface area contributed by atoms with Gasteiger partial charge in [0.2, 0.25) is 0 Å². The number of alkyl carbamates (subject to hydrolysis) is 1. The van der Waals surface area contributed by atoms with Crippen LogP contribution >= 0.6 is 0 Å². The van der Waals surface area contributed by atoms with Gasteiger partial charge in [-0.05, 0) is 44.9 Å². The molecule has 1 aromatic rings. The van der Waals surface area contributed by atoms with E-state index in [9.17, 15) is 4.79 Å². The van der Waals surface area contributed by atoms with Gasteiger partial charge < -0.3 is 24.1 Å². The molecule has 0 spiro atoms. The van der Waals surface area contributed by atoms with Gasteiger partial charge in [-0.15, -0.1) is 0 Å². The SMILES string of the molecule is Cc1ccc2c3c1[C@@H](CNC(=O)OC(C)(C)C)OB3OCCO2. The highest BCUT2D eigenvalue weighted by atomic mass is 16.6. The maximum atomic E-state index is 11.9. The van der Waals surface area contributed by atoms with Crippen LogP contribution < -0.4 is 15.5 Å². The monoisotopic (exact) mass is 319 g/mol. The topological polar surface area (TPSA) is 66.0 Å². The maximum absolute atomic E-state index is 11.9. The maximum Gasteiger partial charge on any atom is 0.498 e. The standard InChI is InChI=1S/C16H22BNO5/c1-10-5-6-11-14-13(10)12(23-17(14)21-8-7-20-11)9-18-15(19)22-16(2,3)4/h5-6,12H,7-9H2,1-4H3,(H,18,19)/t12-/m1/s1. The fraction of sp³-hybridized carbons (Fsp3) is 0.562. The molecule has 124 valence electrons. The molecule has 1 atom stereocenters. The van der Waals surface area contributed by atoms with Crippen LogP contribution in [-0.2, 0) is 14.0 Å². The Bertz CT molecular complexity index is 613. The van der Waals surface area contributed by atoms with Crippen LogP contribution in [0.15, 0.2) is 12.1 Å². The van der Waals surface area contributed by atoms with E-state index in [-0.39, 0.29) is 6.10 Å². The van der Waals surface area contributed by atoms with Crippen molar-refractivity contribution in [1.82, 2.24) is 5.32 Å². The van der Waals surface area contributed by atoms with Crippen molar-refractivity contribution in [3.8, 4) is 5.75 Å². The van der Waals surface area contributed by atoms with Crippen LogP contribution in [-0.4, -0.2) is 38.6 Å². The minimum Gasteiger partial charge on any atom is -0.492 e. The number of carbonyl (C=O) groups excluding carboxylic acids is 1. The van der Waals surface area contributed by atoms with Gasteiger partial charge >= 0.3 is 13.2 Å². The molecule has 1 N–H and O–H groups in total. The Morgan fingerprint density at radius 2 is 2.17 bits per heavy atom. The third-order valence-electron chi connectivity index (χ3n) is 3.75. The Hall–Kier alpha value is -1.73. The Morgan fingerprint density at radius 1 is 1.39 bits per heavy atom. The molecule has 1 aromatic carbocycles. The Labute approximate surface area is 136 Å². The van der Waals surface area contributed by atoms with Crippen molar-refractivity contribution >= 4 is 18.7 Å². The summed E-state index contributed by atoms with van der Waals surface area (Å²) in [6.45, 7) is 8.83. The van der Waals surface area contributed by atoms with E-state index >= 15 is 0 Å². The molecule has 23 heavy (non-hydrogen) atoms. The molecule has 2 heterocycles. The lowest BCUT2D eigenvalue weighted by atomic mass is 9.76. The number of rotatable bonds is 2. The average Bonchev–Trinajstić information content (AvgIpc) is 2.69. The van der Waals surface area contributed by atoms with Gasteiger partial charge in [0.1, 0.15) is 18.0 Å². The molecule has 0 aromatic heterocycles. The van der Waals surface area contributed by atoms with E-state index in [1.54, 1.807) is 0 Å². The van der Waals surface area contributed by atoms with E-state index in [0.717, 1.165) is 22.3 Å². The predicted octanol–water partition coefficient (Wildman–Crippen LogP) is 1.70. The van der Waals surface area contributed by atoms with E-state index in [2.05, 4.69) is 5.32 Å². The summed E-state index contributed by atoms with van der Waals surface area (Å²) < 4.78 is 22.7. The van der Waals surface area contributed by atoms with Gasteiger partial charge in [-0.1, -0.05) is 6.07 Å². The zero-order valence-electron chi connectivity index (χ0n) is 14.0. The minimum absolute atomic E-state index is 0.274. The van der Waals surface area contributed by atoms with Crippen LogP contribution in [0.1, 0.15) is 38.0 Å². The highest BCUT2D eigenvalue weighted by Crippen LogP contribution is 2.32. The summed E-state index contributed by atoms with van der Waals surface area (Å²) in [6, 6.07) is 3.95. The number of hydrogen-bond donors (Lipinski definition) is 1. The third kappa shape index (κ3) is 3.45. The molecule has 3 rings (SSSR count). The van der Waals surface area contributed by atoms with Crippen LogP contribution in [0.25, 0.3) is 0 Å². The van der Waals surface area contributed by atoms with Gasteiger partial charge in [-0.25, -0.2) is 4.79 Å². The number of aryl methyl sites for hydroxylation is 1. The van der Waals surface area contributed by atoms with Crippen LogP contribution in [0.5, 0.6) is 5.75 Å². The molecule has 0 bridgehead atoms. The molecule has 0 radical (unpaired) electrons. The highest BCUT2D eigenvalue weighted by molar-refractivity contribution is 6.64. The molecule has 7 heteroatoms. The summed E-state index contributed by atoms with van der Waals surface area (Å²) in [4.78, 5) is 11.9. The molecule has 2 aliphatic heterocycles. The van der Waals surface area contributed by atoms with Crippen molar-refractivity contribution in [3.05, 3.63) is 23.3 Å². The number of carbonyl (C=O) groups is 1. The Kier molecular flexibility index (Phi) is 4.25. The van der Waals surface area contributed by atoms with Crippen LogP contribution in [0.2, 0.25) is 0 Å². The summed E-state index contributed by atoms with van der Waals surface area (Å²) in [5, 5.41) is 2.77. The fourth-order valence-electron chi connectivity index (χ4n) is 2.88. The van der Waals surface area contributed by atoms with Gasteiger partial charge in [-0.2, -0.15) is 0 Å². The summed E-state index contributed by atoms with van der Waals surface area (Å²) >= 11 is 0. The lowest BCUT2D eigenvalue weighted by molar-refractivity contribution is 0.0494. The second kappa shape index (κ2) is 6.05. The van der Waals surface area contributed by atoms with Gasteiger partial charge in [0.15, 0.2) is 0 Å². The number of nitrogens with one attached hydrogen (secondary N) is 1. The lowest BCUT2D eigenvalue weighted by Crippen LogP contribution is -2.35. The normalized spacial score (nSPS) is 19.7. The first kappa shape index (κ1) is 16.1. The second-order valence-corrected chi connectivity index (χ2v) is 6.77. The van der Waals surface area contributed by atoms with E-state index in [1.165, 1.54) is 0 Å². The molecular weight excluding hydrogens is 297 g/mol. The van der Waals surface area contributed by atoms with E-state index in [4.69, 9.17) is 18.8 Å². The molecular formula is C16H22BNO5. The van der Waals surface area contributed by atoms with Crippen LogP contribution in [0.4, 0.5) is 4.79 Å². The molecule has 2 aliphatic rings. The minimum atomic E-state index is -0.526. The van der Waals surface area contributed by atoms with Crippen molar-refractivity contribution in [1.29, 1.82) is 0 Å². The van der Waals surface area contributed by atoms with Crippen molar-refractivity contribution in [2.45, 2.75) is 39.4 Å². The third-order valence-corrected chi connectivity index (χ3v) is 3.75. The van der Waals surface area contributed by atoms with E-state index in [1.807, 2.05) is 39.8 Å². The molecule has 0 aliphatic carbocycles. The Balaban J connectivity index is 1.76. The quantitative estimate of drug-likeness (QED) is 0.841. The first-order valence-electron chi connectivity index (χ1n) is 7.85. The zero-order valence-corrected chi connectivity index (χ0v) is 14.0. The molecule has 1 amide bonds. The largest absolute Gasteiger partial charge is 0.498 e. The highest BCUT2D eigenvalue weighted by Gasteiger charge is 2.42. The summed E-state index contributed by atoms with van der Waals surface area (Å²) in [7, 11) is -0.437. The molecule has 0 saturated carbocycles. The summed E-state index contributed by atoms with van der Waals surface area (Å²) in [6.07, 6.45) is -0.728. The number of ether oxygens (including phenoxy) is 2. The van der Waals surface area contributed by atoms with Crippen molar-refractivity contribution in [3.63, 3.8) is 0 Å². The molecule has 0 fully saturated rings. The van der Waals surface area contributed by atoms with Crippen LogP contribution in [0, 0.1) is 6.92 Å². The van der Waals surface area contributed by atoms with Crippen molar-refractivity contribution < 1.29 is 23.6 Å². The molecule has 0 saturated heterocycles. The van der Waals surface area contributed by atoms with E-state index in [0.29, 0.717) is 19.8 Å². The zero-order chi connectivity index (χ0) is 16.6. The lowest BCUT2D eigenvalue weighted by Gasteiger charge is -2.21. The predicted molar refractivity (Wildman–Crippen MR) is 86.1 cm³/mol. The first-order chi connectivity index (χ1) is 10.8. The first-order valence-corrected chi connectivity index (χ1v) is 7.85. The second-order valence-electron chi connectivity index (χ2n) is 6.77. The smallest absolute Gasteiger partial charge is 0.492 e. The van der Waals surface area contributed by atoms with Crippen molar-refractivity contribution in [2.24, 2.45) is 0 Å². The number of benzene rings is 1. The summed E-state index contributed by atoms with van der Waals surface area (Å²) in [5.41, 5.74) is 2.54. The fourth-order valence-corrected chi connectivity index (χ4v) is 2.88.